The number of rotatable bonds is 1. The van der Waals surface area contributed by atoms with E-state index in [1.165, 1.54) is 38.5 Å². The average molecular weight is 244 g/mol. The minimum atomic E-state index is 0.587. The summed E-state index contributed by atoms with van der Waals surface area (Å²) < 4.78 is 10.6. The fraction of sp³-hybridized carbons (Fsp3) is 1.00. The SMILES string of the molecule is CC.CC1CCCOC1.CCC1CCCCO1. The van der Waals surface area contributed by atoms with E-state index in [4.69, 9.17) is 9.47 Å². The molecule has 0 saturated carbocycles. The van der Waals surface area contributed by atoms with Crippen molar-refractivity contribution in [2.45, 2.75) is 72.3 Å². The lowest BCUT2D eigenvalue weighted by Crippen LogP contribution is -2.17. The third kappa shape index (κ3) is 9.61. The maximum atomic E-state index is 5.43. The summed E-state index contributed by atoms with van der Waals surface area (Å²) in [5.74, 6) is 0.814. The molecule has 0 N–H and O–H groups in total. The molecule has 0 aromatic rings. The van der Waals surface area contributed by atoms with Crippen LogP contribution in [0, 0.1) is 5.92 Å². The lowest BCUT2D eigenvalue weighted by Gasteiger charge is -2.20. The van der Waals surface area contributed by atoms with E-state index in [9.17, 15) is 0 Å². The van der Waals surface area contributed by atoms with Gasteiger partial charge < -0.3 is 9.47 Å². The van der Waals surface area contributed by atoms with Crippen LogP contribution in [-0.4, -0.2) is 25.9 Å². The average Bonchev–Trinajstić information content (AvgIpc) is 2.43. The largest absolute Gasteiger partial charge is 0.381 e. The van der Waals surface area contributed by atoms with Gasteiger partial charge in [-0.1, -0.05) is 27.7 Å². The van der Waals surface area contributed by atoms with E-state index in [-0.39, 0.29) is 0 Å². The zero-order valence-corrected chi connectivity index (χ0v) is 12.3. The van der Waals surface area contributed by atoms with Crippen LogP contribution in [0.2, 0.25) is 0 Å². The van der Waals surface area contributed by atoms with Crippen LogP contribution < -0.4 is 0 Å². The highest BCUT2D eigenvalue weighted by molar-refractivity contribution is 4.60. The van der Waals surface area contributed by atoms with E-state index in [0.29, 0.717) is 6.10 Å². The molecular weight excluding hydrogens is 212 g/mol. The molecule has 0 aromatic carbocycles. The van der Waals surface area contributed by atoms with Gasteiger partial charge in [-0.15, -0.1) is 0 Å². The van der Waals surface area contributed by atoms with Crippen LogP contribution in [0.5, 0.6) is 0 Å². The molecule has 2 saturated heterocycles. The molecule has 2 nitrogen and oxygen atoms in total. The van der Waals surface area contributed by atoms with Crippen LogP contribution >= 0.6 is 0 Å². The minimum Gasteiger partial charge on any atom is -0.381 e. The van der Waals surface area contributed by atoms with Crippen LogP contribution in [0.4, 0.5) is 0 Å². The van der Waals surface area contributed by atoms with Gasteiger partial charge in [-0.2, -0.15) is 0 Å². The van der Waals surface area contributed by atoms with Gasteiger partial charge in [0.15, 0.2) is 0 Å². The summed E-state index contributed by atoms with van der Waals surface area (Å²) in [6.07, 6.45) is 8.34. The molecule has 2 unspecified atom stereocenters. The third-order valence-electron chi connectivity index (χ3n) is 3.12. The maximum Gasteiger partial charge on any atom is 0.0572 e. The van der Waals surface area contributed by atoms with Crippen LogP contribution in [0.1, 0.15) is 66.2 Å². The fourth-order valence-corrected chi connectivity index (χ4v) is 2.03. The Morgan fingerprint density at radius 2 is 1.76 bits per heavy atom. The second kappa shape index (κ2) is 12.4. The first-order valence-corrected chi connectivity index (χ1v) is 7.52. The second-order valence-corrected chi connectivity index (χ2v) is 4.72. The van der Waals surface area contributed by atoms with Crippen LogP contribution in [0.15, 0.2) is 0 Å². The molecule has 0 aromatic heterocycles. The lowest BCUT2D eigenvalue weighted by molar-refractivity contribution is 0.0143. The summed E-state index contributed by atoms with van der Waals surface area (Å²) in [5, 5.41) is 0. The highest BCUT2D eigenvalue weighted by Crippen LogP contribution is 2.14. The number of hydrogen-bond donors (Lipinski definition) is 0. The van der Waals surface area contributed by atoms with Gasteiger partial charge in [0.05, 0.1) is 6.10 Å². The molecular formula is C15H32O2. The van der Waals surface area contributed by atoms with Crippen molar-refractivity contribution in [2.75, 3.05) is 19.8 Å². The smallest absolute Gasteiger partial charge is 0.0572 e. The van der Waals surface area contributed by atoms with Crippen molar-refractivity contribution in [3.05, 3.63) is 0 Å². The van der Waals surface area contributed by atoms with Crippen molar-refractivity contribution in [1.29, 1.82) is 0 Å². The first-order valence-electron chi connectivity index (χ1n) is 7.52. The van der Waals surface area contributed by atoms with Crippen LogP contribution in [-0.2, 0) is 9.47 Å². The summed E-state index contributed by atoms with van der Waals surface area (Å²) >= 11 is 0. The molecule has 2 heteroatoms. The molecule has 2 heterocycles. The first-order chi connectivity index (χ1) is 8.33. The van der Waals surface area contributed by atoms with Crippen molar-refractivity contribution in [1.82, 2.24) is 0 Å². The zero-order valence-electron chi connectivity index (χ0n) is 12.3. The molecule has 2 aliphatic rings. The van der Waals surface area contributed by atoms with Gasteiger partial charge in [0.1, 0.15) is 0 Å². The Morgan fingerprint density at radius 1 is 1.00 bits per heavy atom. The predicted octanol–water partition coefficient (Wildman–Crippen LogP) is 4.42. The van der Waals surface area contributed by atoms with Crippen LogP contribution in [0.25, 0.3) is 0 Å². The van der Waals surface area contributed by atoms with Gasteiger partial charge in [0.25, 0.3) is 0 Å². The normalized spacial score (nSPS) is 28.2. The van der Waals surface area contributed by atoms with Crippen molar-refractivity contribution in [3.63, 3.8) is 0 Å². The molecule has 17 heavy (non-hydrogen) atoms. The van der Waals surface area contributed by atoms with E-state index in [1.54, 1.807) is 0 Å². The van der Waals surface area contributed by atoms with Crippen molar-refractivity contribution >= 4 is 0 Å². The standard InChI is InChI=1S/C7H14O.C6H12O.C2H6/c1-2-7-5-3-4-6-8-7;1-6-3-2-4-7-5-6;1-2/h7H,2-6H2,1H3;6H,2-5H2,1H3;1-2H3. The molecule has 0 bridgehead atoms. The molecule has 0 aliphatic carbocycles. The van der Waals surface area contributed by atoms with E-state index >= 15 is 0 Å². The molecule has 0 amide bonds. The summed E-state index contributed by atoms with van der Waals surface area (Å²) in [4.78, 5) is 0. The molecule has 2 aliphatic heterocycles. The maximum absolute atomic E-state index is 5.43. The molecule has 0 radical (unpaired) electrons. The second-order valence-electron chi connectivity index (χ2n) is 4.72. The Bertz CT molecular complexity index is 136. The Kier molecular flexibility index (Phi) is 12.3. The molecule has 2 atom stereocenters. The lowest BCUT2D eigenvalue weighted by atomic mass is 10.1. The molecule has 0 spiro atoms. The Hall–Kier alpha value is -0.0800. The highest BCUT2D eigenvalue weighted by atomic mass is 16.5. The highest BCUT2D eigenvalue weighted by Gasteiger charge is 2.09. The zero-order chi connectivity index (χ0) is 12.9. The van der Waals surface area contributed by atoms with Gasteiger partial charge in [-0.05, 0) is 44.4 Å². The summed E-state index contributed by atoms with van der Waals surface area (Å²) in [7, 11) is 0. The number of ether oxygens (including phenoxy) is 2. The van der Waals surface area contributed by atoms with E-state index in [1.807, 2.05) is 13.8 Å². The van der Waals surface area contributed by atoms with Crippen molar-refractivity contribution in [2.24, 2.45) is 5.92 Å². The van der Waals surface area contributed by atoms with Gasteiger partial charge in [0, 0.05) is 19.8 Å². The van der Waals surface area contributed by atoms with Crippen LogP contribution in [0.3, 0.4) is 0 Å². The van der Waals surface area contributed by atoms with Gasteiger partial charge in [-0.3, -0.25) is 0 Å². The fourth-order valence-electron chi connectivity index (χ4n) is 2.03. The Balaban J connectivity index is 0.000000265. The topological polar surface area (TPSA) is 18.5 Å². The summed E-state index contributed by atoms with van der Waals surface area (Å²) in [6.45, 7) is 11.4. The van der Waals surface area contributed by atoms with E-state index < -0.39 is 0 Å². The van der Waals surface area contributed by atoms with E-state index in [2.05, 4.69) is 13.8 Å². The number of hydrogen-bond acceptors (Lipinski definition) is 2. The van der Waals surface area contributed by atoms with Crippen molar-refractivity contribution < 1.29 is 9.47 Å². The van der Waals surface area contributed by atoms with Gasteiger partial charge >= 0.3 is 0 Å². The molecule has 2 rings (SSSR count). The minimum absolute atomic E-state index is 0.587. The first kappa shape index (κ1) is 16.9. The summed E-state index contributed by atoms with van der Waals surface area (Å²) in [5.41, 5.74) is 0. The quantitative estimate of drug-likeness (QED) is 0.679. The Morgan fingerprint density at radius 3 is 2.06 bits per heavy atom. The summed E-state index contributed by atoms with van der Waals surface area (Å²) in [6, 6.07) is 0. The Labute approximate surface area is 108 Å². The van der Waals surface area contributed by atoms with Crippen molar-refractivity contribution in [3.8, 4) is 0 Å². The van der Waals surface area contributed by atoms with E-state index in [0.717, 1.165) is 25.7 Å². The molecule has 2 fully saturated rings. The molecule has 104 valence electrons. The third-order valence-corrected chi connectivity index (χ3v) is 3.12. The predicted molar refractivity (Wildman–Crippen MR) is 74.4 cm³/mol. The van der Waals surface area contributed by atoms with Gasteiger partial charge in [0.2, 0.25) is 0 Å². The monoisotopic (exact) mass is 244 g/mol. The van der Waals surface area contributed by atoms with Gasteiger partial charge in [-0.25, -0.2) is 0 Å².